The van der Waals surface area contributed by atoms with Gasteiger partial charge in [0.05, 0.1) is 30.9 Å². The number of allylic oxidation sites excluding steroid dienone is 4. The third-order valence-electron chi connectivity index (χ3n) is 6.13. The van der Waals surface area contributed by atoms with Gasteiger partial charge in [-0.2, -0.15) is 8.42 Å². The van der Waals surface area contributed by atoms with Gasteiger partial charge < -0.3 is 19.2 Å². The molecule has 1 N–H and O–H groups in total. The molecule has 10 heteroatoms. The SMILES string of the molecule is C=C1C=CC(S(=O)(=O)OC[C@H]2CO2)=C[CH+]1.O=c1cc[nH]c2ccccc12.c1ccc2c(OC[C@H]3CO3)ccnc2c1. The molecular weight excluding hydrogens is 544 g/mol. The van der Waals surface area contributed by atoms with Crippen molar-refractivity contribution in [2.45, 2.75) is 12.2 Å². The van der Waals surface area contributed by atoms with Crippen molar-refractivity contribution in [1.82, 2.24) is 9.97 Å². The van der Waals surface area contributed by atoms with E-state index < -0.39 is 10.1 Å². The van der Waals surface area contributed by atoms with Gasteiger partial charge in [0.15, 0.2) is 10.3 Å². The van der Waals surface area contributed by atoms with E-state index in [2.05, 4.69) is 16.5 Å². The van der Waals surface area contributed by atoms with Crippen LogP contribution in [0.2, 0.25) is 0 Å². The van der Waals surface area contributed by atoms with E-state index in [0.717, 1.165) is 39.7 Å². The average Bonchev–Trinajstić information content (AvgIpc) is 3.92. The molecule has 0 radical (unpaired) electrons. The molecule has 2 aliphatic heterocycles. The molecule has 4 aromatic rings. The maximum atomic E-state index is 11.6. The van der Waals surface area contributed by atoms with Gasteiger partial charge in [0.1, 0.15) is 24.6 Å². The number of fused-ring (bicyclic) bond motifs is 2. The summed E-state index contributed by atoms with van der Waals surface area (Å²) in [6, 6.07) is 18.8. The summed E-state index contributed by atoms with van der Waals surface area (Å²) < 4.78 is 43.6. The van der Waals surface area contributed by atoms with E-state index in [-0.39, 0.29) is 29.1 Å². The van der Waals surface area contributed by atoms with Gasteiger partial charge in [-0.05, 0) is 36.9 Å². The number of H-pyrrole nitrogens is 1. The van der Waals surface area contributed by atoms with Crippen molar-refractivity contribution in [3.8, 4) is 5.75 Å². The average molecular weight is 574 g/mol. The summed E-state index contributed by atoms with van der Waals surface area (Å²) in [6.07, 6.45) is 9.87. The molecule has 0 spiro atoms. The van der Waals surface area contributed by atoms with Crippen LogP contribution in [0.1, 0.15) is 0 Å². The van der Waals surface area contributed by atoms with Crippen molar-refractivity contribution in [1.29, 1.82) is 0 Å². The molecule has 2 saturated heterocycles. The van der Waals surface area contributed by atoms with E-state index in [1.807, 2.05) is 54.6 Å². The van der Waals surface area contributed by atoms with Gasteiger partial charge in [-0.15, -0.1) is 0 Å². The van der Waals surface area contributed by atoms with E-state index in [4.69, 9.17) is 18.4 Å². The number of epoxide rings is 2. The summed E-state index contributed by atoms with van der Waals surface area (Å²) in [4.78, 5) is 18.6. The lowest BCUT2D eigenvalue weighted by Crippen LogP contribution is -2.12. The Morgan fingerprint density at radius 2 is 1.66 bits per heavy atom. The van der Waals surface area contributed by atoms with E-state index in [1.165, 1.54) is 18.2 Å². The summed E-state index contributed by atoms with van der Waals surface area (Å²) in [5, 5.41) is 1.80. The van der Waals surface area contributed by atoms with Crippen LogP contribution in [0.25, 0.3) is 21.8 Å². The van der Waals surface area contributed by atoms with Gasteiger partial charge in [-0.3, -0.25) is 14.0 Å². The number of hydrogen-bond donors (Lipinski definition) is 1. The minimum absolute atomic E-state index is 0.0631. The molecular formula is C31H29N2O7S+. The smallest absolute Gasteiger partial charge is 0.332 e. The summed E-state index contributed by atoms with van der Waals surface area (Å²) in [5.74, 6) is 0.885. The molecule has 2 aromatic carbocycles. The molecule has 9 nitrogen and oxygen atoms in total. The number of ether oxygens (including phenoxy) is 3. The molecule has 4 heterocycles. The number of benzene rings is 2. The first kappa shape index (κ1) is 28.3. The van der Waals surface area contributed by atoms with Crippen LogP contribution in [0.3, 0.4) is 0 Å². The van der Waals surface area contributed by atoms with Crippen LogP contribution < -0.4 is 10.2 Å². The third-order valence-corrected chi connectivity index (χ3v) is 7.42. The Morgan fingerprint density at radius 1 is 0.951 bits per heavy atom. The lowest BCUT2D eigenvalue weighted by atomic mass is 10.1. The Balaban J connectivity index is 0.000000125. The topological polar surface area (TPSA) is 123 Å². The maximum Gasteiger partial charge on any atom is 0.332 e. The molecule has 3 aliphatic rings. The monoisotopic (exact) mass is 573 g/mol. The zero-order valence-corrected chi connectivity index (χ0v) is 23.0. The summed E-state index contributed by atoms with van der Waals surface area (Å²) >= 11 is 0. The Bertz CT molecular complexity index is 1740. The van der Waals surface area contributed by atoms with Crippen molar-refractivity contribution >= 4 is 31.9 Å². The zero-order chi connectivity index (χ0) is 28.7. The van der Waals surface area contributed by atoms with E-state index >= 15 is 0 Å². The molecule has 0 saturated carbocycles. The molecule has 2 atom stereocenters. The first-order valence-corrected chi connectivity index (χ1v) is 14.4. The minimum Gasteiger partial charge on any atom is -0.490 e. The molecule has 2 fully saturated rings. The van der Waals surface area contributed by atoms with Crippen LogP contribution in [-0.2, 0) is 23.8 Å². The zero-order valence-electron chi connectivity index (χ0n) is 22.1. The third kappa shape index (κ3) is 8.15. The molecule has 0 unspecified atom stereocenters. The van der Waals surface area contributed by atoms with Crippen molar-refractivity contribution in [3.63, 3.8) is 0 Å². The fourth-order valence-electron chi connectivity index (χ4n) is 3.72. The molecule has 210 valence electrons. The van der Waals surface area contributed by atoms with Gasteiger partial charge in [-0.1, -0.05) is 24.3 Å². The van der Waals surface area contributed by atoms with Gasteiger partial charge in [0, 0.05) is 59.4 Å². The second kappa shape index (κ2) is 13.0. The first-order valence-electron chi connectivity index (χ1n) is 13.0. The first-order chi connectivity index (χ1) is 19.9. The van der Waals surface area contributed by atoms with Gasteiger partial charge in [0.25, 0.3) is 0 Å². The Hall–Kier alpha value is -4.22. The lowest BCUT2D eigenvalue weighted by Gasteiger charge is -2.06. The van der Waals surface area contributed by atoms with Crippen LogP contribution in [0.5, 0.6) is 5.75 Å². The van der Waals surface area contributed by atoms with Gasteiger partial charge in [0.2, 0.25) is 0 Å². The Kier molecular flexibility index (Phi) is 8.95. The van der Waals surface area contributed by atoms with Crippen LogP contribution in [0.15, 0.2) is 113 Å². The molecule has 7 rings (SSSR count). The molecule has 2 aromatic heterocycles. The van der Waals surface area contributed by atoms with Crippen LogP contribution in [-0.4, -0.2) is 57.0 Å². The van der Waals surface area contributed by atoms with Crippen LogP contribution in [0, 0.1) is 6.42 Å². The van der Waals surface area contributed by atoms with Crippen LogP contribution in [0.4, 0.5) is 0 Å². The molecule has 0 amide bonds. The number of pyridine rings is 2. The lowest BCUT2D eigenvalue weighted by molar-refractivity contribution is 0.265. The number of para-hydroxylation sites is 2. The minimum atomic E-state index is -3.64. The number of nitrogens with one attached hydrogen (secondary N) is 1. The summed E-state index contributed by atoms with van der Waals surface area (Å²) in [5.41, 5.74) is 2.69. The number of aromatic amines is 1. The number of nitrogens with zero attached hydrogens (tertiary/aromatic N) is 1. The van der Waals surface area contributed by atoms with Crippen molar-refractivity contribution in [3.05, 3.63) is 125 Å². The van der Waals surface area contributed by atoms with Crippen molar-refractivity contribution in [2.75, 3.05) is 26.4 Å². The van der Waals surface area contributed by atoms with Gasteiger partial charge >= 0.3 is 10.1 Å². The second-order valence-corrected chi connectivity index (χ2v) is 10.9. The fraction of sp³-hybridized carbons (Fsp3) is 0.194. The highest BCUT2D eigenvalue weighted by molar-refractivity contribution is 7.90. The maximum absolute atomic E-state index is 11.6. The van der Waals surface area contributed by atoms with Crippen molar-refractivity contribution in [2.24, 2.45) is 0 Å². The Labute approximate surface area is 237 Å². The quantitative estimate of drug-likeness (QED) is 0.195. The largest absolute Gasteiger partial charge is 0.490 e. The number of rotatable bonds is 7. The summed E-state index contributed by atoms with van der Waals surface area (Å²) in [6.45, 7) is 5.80. The van der Waals surface area contributed by atoms with E-state index in [0.29, 0.717) is 13.2 Å². The highest BCUT2D eigenvalue weighted by atomic mass is 32.2. The van der Waals surface area contributed by atoms with Gasteiger partial charge in [-0.25, -0.2) is 0 Å². The highest BCUT2D eigenvalue weighted by Gasteiger charge is 2.29. The molecule has 0 bridgehead atoms. The van der Waals surface area contributed by atoms with E-state index in [9.17, 15) is 13.2 Å². The normalized spacial score (nSPS) is 18.7. The number of aromatic nitrogens is 2. The standard InChI is InChI=1S/C12H11NO2.C10H11O4S.C9H7NO/c1-2-4-11-10(3-1)12(5-6-13-11)15-8-9-7-14-9;1-8-2-4-10(5-3-8)15(11,12)14-7-9-6-13-9;11-9-5-6-10-8-4-2-1-3-7(8)9/h1-6,9H,7-8H2;2-5,9H,1,6-7H2;1-6H,(H,10,11)/q;+1;/t2*9-;/m11./s1. The highest BCUT2D eigenvalue weighted by Crippen LogP contribution is 2.24. The molecule has 1 aliphatic carbocycles. The number of hydrogen-bond acceptors (Lipinski definition) is 8. The fourth-order valence-corrected chi connectivity index (χ4v) is 4.65. The summed E-state index contributed by atoms with van der Waals surface area (Å²) in [7, 11) is -3.64. The van der Waals surface area contributed by atoms with Crippen LogP contribution >= 0.6 is 0 Å². The predicted molar refractivity (Wildman–Crippen MR) is 157 cm³/mol. The van der Waals surface area contributed by atoms with Crippen molar-refractivity contribution < 1.29 is 26.8 Å². The second-order valence-electron chi connectivity index (χ2n) is 9.32. The predicted octanol–water partition coefficient (Wildman–Crippen LogP) is 4.49. The Morgan fingerprint density at radius 3 is 2.37 bits per heavy atom. The van der Waals surface area contributed by atoms with E-state index in [1.54, 1.807) is 24.9 Å². The molecule has 41 heavy (non-hydrogen) atoms.